The number of hydrogen-bond donors (Lipinski definition) is 3. The largest absolute Gasteiger partial charge is 0.508 e. The van der Waals surface area contributed by atoms with Gasteiger partial charge in [-0.25, -0.2) is 0 Å². The van der Waals surface area contributed by atoms with Gasteiger partial charge in [0.15, 0.2) is 0 Å². The summed E-state index contributed by atoms with van der Waals surface area (Å²) in [4.78, 5) is 19.0. The number of hydrogen-bond acceptors (Lipinski definition) is 2. The second-order valence-corrected chi connectivity index (χ2v) is 6.15. The summed E-state index contributed by atoms with van der Waals surface area (Å²) in [5, 5.41) is 9.78. The number of benzene rings is 2. The van der Waals surface area contributed by atoms with Gasteiger partial charge < -0.3 is 14.9 Å². The van der Waals surface area contributed by atoms with Crippen molar-refractivity contribution in [1.29, 1.82) is 0 Å². The van der Waals surface area contributed by atoms with Crippen molar-refractivity contribution in [3.8, 4) is 5.75 Å². The predicted octanol–water partition coefficient (Wildman–Crippen LogP) is 2.85. The van der Waals surface area contributed by atoms with Crippen molar-refractivity contribution >= 4 is 7.60 Å². The van der Waals surface area contributed by atoms with Crippen LogP contribution in [0.2, 0.25) is 0 Å². The maximum atomic E-state index is 11.7. The molecule has 2 aromatic carbocycles. The molecule has 0 radical (unpaired) electrons. The Balaban J connectivity index is 2.38. The third-order valence-electron chi connectivity index (χ3n) is 2.97. The number of phenolic OH excluding ortho intramolecular Hbond substituents is 1. The molecule has 2 aromatic rings. The molecule has 0 heterocycles. The maximum absolute atomic E-state index is 11.7. The van der Waals surface area contributed by atoms with E-state index in [9.17, 15) is 19.5 Å². The average Bonchev–Trinajstić information content (AvgIpc) is 2.37. The van der Waals surface area contributed by atoms with Crippen LogP contribution < -0.4 is 0 Å². The Morgan fingerprint density at radius 3 is 2.11 bits per heavy atom. The lowest BCUT2D eigenvalue weighted by atomic mass is 10.0. The molecule has 0 saturated carbocycles. The molecule has 4 nitrogen and oxygen atoms in total. The van der Waals surface area contributed by atoms with Crippen LogP contribution in [-0.4, -0.2) is 14.9 Å². The lowest BCUT2D eigenvalue weighted by Gasteiger charge is -2.19. The van der Waals surface area contributed by atoms with E-state index < -0.39 is 13.3 Å². The van der Waals surface area contributed by atoms with Gasteiger partial charge in [0, 0.05) is 5.56 Å². The summed E-state index contributed by atoms with van der Waals surface area (Å²) in [5.41, 5.74) is 0.0647. The van der Waals surface area contributed by atoms with Crippen molar-refractivity contribution in [2.45, 2.75) is 12.1 Å². The predicted molar refractivity (Wildman–Crippen MR) is 73.0 cm³/mol. The molecule has 0 bridgehead atoms. The van der Waals surface area contributed by atoms with Gasteiger partial charge in [-0.1, -0.05) is 48.5 Å². The zero-order chi connectivity index (χ0) is 13.9. The summed E-state index contributed by atoms with van der Waals surface area (Å²) in [7, 11) is -4.35. The van der Waals surface area contributed by atoms with Crippen molar-refractivity contribution in [2.75, 3.05) is 0 Å². The first kappa shape index (κ1) is 13.8. The molecule has 2 rings (SSSR count). The second kappa shape index (κ2) is 5.57. The van der Waals surface area contributed by atoms with Gasteiger partial charge in [0.2, 0.25) is 0 Å². The summed E-state index contributed by atoms with van der Waals surface area (Å²) in [5.74, 6) is -0.0910. The van der Waals surface area contributed by atoms with Gasteiger partial charge in [-0.2, -0.15) is 0 Å². The Morgan fingerprint density at radius 2 is 1.53 bits per heavy atom. The standard InChI is InChI=1S/C14H15O4P/c15-13-9-5-4-8-12(13)14(19(16,17)18)10-11-6-2-1-3-7-11/h1-9,14-15H,10H2,(H2,16,17,18)/t14-/m1/s1. The van der Waals surface area contributed by atoms with Crippen LogP contribution in [0.3, 0.4) is 0 Å². The molecule has 0 aromatic heterocycles. The van der Waals surface area contributed by atoms with E-state index in [1.807, 2.05) is 30.3 Å². The summed E-state index contributed by atoms with van der Waals surface area (Å²) < 4.78 is 11.7. The van der Waals surface area contributed by atoms with E-state index in [0.717, 1.165) is 5.56 Å². The van der Waals surface area contributed by atoms with Crippen molar-refractivity contribution < 1.29 is 19.5 Å². The van der Waals surface area contributed by atoms with Crippen LogP contribution in [0.1, 0.15) is 16.8 Å². The van der Waals surface area contributed by atoms with E-state index in [1.54, 1.807) is 18.2 Å². The molecule has 5 heteroatoms. The van der Waals surface area contributed by atoms with Crippen molar-refractivity contribution in [3.63, 3.8) is 0 Å². The van der Waals surface area contributed by atoms with E-state index in [-0.39, 0.29) is 17.7 Å². The summed E-state index contributed by atoms with van der Waals surface area (Å²) in [6.45, 7) is 0. The van der Waals surface area contributed by atoms with Crippen LogP contribution in [0.5, 0.6) is 5.75 Å². The zero-order valence-electron chi connectivity index (χ0n) is 10.2. The number of rotatable bonds is 4. The van der Waals surface area contributed by atoms with Gasteiger partial charge in [-0.3, -0.25) is 4.57 Å². The Kier molecular flexibility index (Phi) is 4.05. The minimum absolute atomic E-state index is 0.0910. The van der Waals surface area contributed by atoms with Crippen LogP contribution in [0, 0.1) is 0 Å². The third kappa shape index (κ3) is 3.44. The minimum atomic E-state index is -4.35. The maximum Gasteiger partial charge on any atom is 0.333 e. The first-order valence-corrected chi connectivity index (χ1v) is 7.53. The molecule has 0 amide bonds. The topological polar surface area (TPSA) is 77.8 Å². The number of para-hydroxylation sites is 1. The smallest absolute Gasteiger partial charge is 0.333 e. The van der Waals surface area contributed by atoms with E-state index in [0.29, 0.717) is 0 Å². The summed E-state index contributed by atoms with van der Waals surface area (Å²) in [6.07, 6.45) is 0.183. The van der Waals surface area contributed by atoms with Gasteiger partial charge in [-0.05, 0) is 18.1 Å². The summed E-state index contributed by atoms with van der Waals surface area (Å²) >= 11 is 0. The first-order valence-electron chi connectivity index (χ1n) is 5.85. The second-order valence-electron chi connectivity index (χ2n) is 4.35. The highest BCUT2D eigenvalue weighted by Crippen LogP contribution is 2.55. The van der Waals surface area contributed by atoms with Gasteiger partial charge in [0.25, 0.3) is 0 Å². The Morgan fingerprint density at radius 1 is 0.947 bits per heavy atom. The third-order valence-corrected chi connectivity index (χ3v) is 4.25. The average molecular weight is 278 g/mol. The fourth-order valence-electron chi connectivity index (χ4n) is 2.02. The van der Waals surface area contributed by atoms with Crippen molar-refractivity contribution in [2.24, 2.45) is 0 Å². The molecule has 3 N–H and O–H groups in total. The molecule has 0 aliphatic carbocycles. The molecule has 0 aliphatic heterocycles. The normalized spacial score (nSPS) is 13.2. The molecule has 19 heavy (non-hydrogen) atoms. The molecular weight excluding hydrogens is 263 g/mol. The van der Waals surface area contributed by atoms with Crippen molar-refractivity contribution in [3.05, 3.63) is 65.7 Å². The summed E-state index contributed by atoms with van der Waals surface area (Å²) in [6, 6.07) is 15.3. The minimum Gasteiger partial charge on any atom is -0.508 e. The lowest BCUT2D eigenvalue weighted by Crippen LogP contribution is -2.04. The zero-order valence-corrected chi connectivity index (χ0v) is 11.1. The molecule has 0 aliphatic rings. The molecule has 0 saturated heterocycles. The highest BCUT2D eigenvalue weighted by molar-refractivity contribution is 7.52. The van der Waals surface area contributed by atoms with E-state index in [4.69, 9.17) is 0 Å². The van der Waals surface area contributed by atoms with Crippen LogP contribution >= 0.6 is 7.60 Å². The van der Waals surface area contributed by atoms with Gasteiger partial charge in [0.1, 0.15) is 5.75 Å². The molecule has 0 spiro atoms. The van der Waals surface area contributed by atoms with Crippen LogP contribution in [0.15, 0.2) is 54.6 Å². The van der Waals surface area contributed by atoms with Crippen molar-refractivity contribution in [1.82, 2.24) is 0 Å². The van der Waals surface area contributed by atoms with E-state index >= 15 is 0 Å². The molecular formula is C14H15O4P. The van der Waals surface area contributed by atoms with E-state index in [1.165, 1.54) is 6.07 Å². The van der Waals surface area contributed by atoms with Gasteiger partial charge in [0.05, 0.1) is 5.66 Å². The first-order chi connectivity index (χ1) is 8.98. The molecule has 100 valence electrons. The Bertz CT molecular complexity index is 591. The highest BCUT2D eigenvalue weighted by Gasteiger charge is 2.32. The molecule has 1 atom stereocenters. The Hall–Kier alpha value is -1.61. The number of aromatic hydroxyl groups is 1. The SMILES string of the molecule is O=P(O)(O)[C@H](Cc1ccccc1)c1ccccc1O. The monoisotopic (exact) mass is 278 g/mol. The lowest BCUT2D eigenvalue weighted by molar-refractivity contribution is 0.355. The molecule has 0 unspecified atom stereocenters. The van der Waals surface area contributed by atoms with Crippen LogP contribution in [0.4, 0.5) is 0 Å². The fourth-order valence-corrected chi connectivity index (χ4v) is 3.05. The quantitative estimate of drug-likeness (QED) is 0.751. The highest BCUT2D eigenvalue weighted by atomic mass is 31.2. The van der Waals surface area contributed by atoms with Crippen LogP contribution in [0.25, 0.3) is 0 Å². The van der Waals surface area contributed by atoms with Crippen LogP contribution in [-0.2, 0) is 11.0 Å². The number of phenols is 1. The van der Waals surface area contributed by atoms with E-state index in [2.05, 4.69) is 0 Å². The van der Waals surface area contributed by atoms with Gasteiger partial charge >= 0.3 is 7.60 Å². The Labute approximate surface area is 111 Å². The molecule has 0 fully saturated rings. The van der Waals surface area contributed by atoms with Gasteiger partial charge in [-0.15, -0.1) is 0 Å². The fraction of sp³-hybridized carbons (Fsp3) is 0.143.